The first kappa shape index (κ1) is 10.1. The molecular weight excluding hydrogens is 175 g/mol. The standard InChI is InChI=1S/C4H11FO3SSi/c1-10(2,3)4-8-9(5,6)7/h4H2,1-3H3. The van der Waals surface area contributed by atoms with E-state index in [2.05, 4.69) is 4.18 Å². The van der Waals surface area contributed by atoms with Crippen molar-refractivity contribution < 1.29 is 16.5 Å². The van der Waals surface area contributed by atoms with E-state index >= 15 is 0 Å². The van der Waals surface area contributed by atoms with Crippen LogP contribution in [0.25, 0.3) is 0 Å². The van der Waals surface area contributed by atoms with Crippen LogP contribution in [0.4, 0.5) is 3.89 Å². The van der Waals surface area contributed by atoms with Crippen LogP contribution in [0.15, 0.2) is 0 Å². The molecule has 0 spiro atoms. The highest BCUT2D eigenvalue weighted by Gasteiger charge is 2.18. The largest absolute Gasteiger partial charge is 0.437 e. The molecule has 0 radical (unpaired) electrons. The second-order valence-electron chi connectivity index (χ2n) is 3.22. The molecular formula is C4H11FO3SSi. The van der Waals surface area contributed by atoms with Gasteiger partial charge in [0.2, 0.25) is 0 Å². The van der Waals surface area contributed by atoms with E-state index in [0.29, 0.717) is 0 Å². The number of hydrogen-bond donors (Lipinski definition) is 0. The smallest absolute Gasteiger partial charge is 0.248 e. The van der Waals surface area contributed by atoms with Crippen LogP contribution >= 0.6 is 0 Å². The van der Waals surface area contributed by atoms with Crippen LogP contribution in [-0.4, -0.2) is 22.7 Å². The minimum Gasteiger partial charge on any atom is -0.248 e. The zero-order chi connectivity index (χ0) is 8.41. The lowest BCUT2D eigenvalue weighted by molar-refractivity contribution is 0.338. The van der Waals surface area contributed by atoms with Gasteiger partial charge in [0, 0.05) is 0 Å². The quantitative estimate of drug-likeness (QED) is 0.489. The van der Waals surface area contributed by atoms with Crippen molar-refractivity contribution in [1.82, 2.24) is 0 Å². The Kier molecular flexibility index (Phi) is 2.99. The maximum Gasteiger partial charge on any atom is 0.437 e. The summed E-state index contributed by atoms with van der Waals surface area (Å²) in [7, 11) is -6.33. The average molecular weight is 186 g/mol. The van der Waals surface area contributed by atoms with Crippen LogP contribution in [0.1, 0.15) is 0 Å². The minimum atomic E-state index is -4.72. The molecule has 0 saturated heterocycles. The SMILES string of the molecule is C[Si](C)(C)COS(=O)(=O)F. The van der Waals surface area contributed by atoms with Gasteiger partial charge in [-0.1, -0.05) is 23.5 Å². The number of rotatable bonds is 3. The number of halogens is 1. The molecule has 0 atom stereocenters. The first-order chi connectivity index (χ1) is 4.21. The van der Waals surface area contributed by atoms with Crippen molar-refractivity contribution in [3.63, 3.8) is 0 Å². The molecule has 6 heteroatoms. The summed E-state index contributed by atoms with van der Waals surface area (Å²) in [5.74, 6) is 0. The molecule has 0 N–H and O–H groups in total. The first-order valence-corrected chi connectivity index (χ1v) is 7.81. The van der Waals surface area contributed by atoms with Gasteiger partial charge in [0.25, 0.3) is 0 Å². The fourth-order valence-corrected chi connectivity index (χ4v) is 2.22. The lowest BCUT2D eigenvalue weighted by Crippen LogP contribution is -2.28. The predicted molar refractivity (Wildman–Crippen MR) is 39.3 cm³/mol. The Hall–Kier alpha value is 0.0569. The highest BCUT2D eigenvalue weighted by atomic mass is 32.3. The molecule has 0 aliphatic heterocycles. The molecule has 10 heavy (non-hydrogen) atoms. The Balaban J connectivity index is 3.79. The van der Waals surface area contributed by atoms with E-state index in [-0.39, 0.29) is 6.23 Å². The van der Waals surface area contributed by atoms with Crippen molar-refractivity contribution in [2.75, 3.05) is 6.23 Å². The Morgan fingerprint density at radius 2 is 1.80 bits per heavy atom. The van der Waals surface area contributed by atoms with E-state index in [1.165, 1.54) is 0 Å². The van der Waals surface area contributed by atoms with Gasteiger partial charge >= 0.3 is 10.5 Å². The van der Waals surface area contributed by atoms with Gasteiger partial charge in [0.05, 0.1) is 14.3 Å². The molecule has 0 aromatic heterocycles. The van der Waals surface area contributed by atoms with Gasteiger partial charge in [0.1, 0.15) is 0 Å². The van der Waals surface area contributed by atoms with E-state index in [9.17, 15) is 12.3 Å². The maximum absolute atomic E-state index is 11.7. The molecule has 62 valence electrons. The van der Waals surface area contributed by atoms with Crippen molar-refractivity contribution in [2.24, 2.45) is 0 Å². The Morgan fingerprint density at radius 3 is 1.90 bits per heavy atom. The molecule has 0 saturated carbocycles. The van der Waals surface area contributed by atoms with Crippen LogP contribution in [0.3, 0.4) is 0 Å². The molecule has 0 fully saturated rings. The summed E-state index contributed by atoms with van der Waals surface area (Å²) < 4.78 is 35.3. The molecule has 0 bridgehead atoms. The van der Waals surface area contributed by atoms with Crippen molar-refractivity contribution >= 4 is 18.6 Å². The van der Waals surface area contributed by atoms with Crippen LogP contribution in [0.2, 0.25) is 19.6 Å². The summed E-state index contributed by atoms with van der Waals surface area (Å²) in [4.78, 5) is 0. The van der Waals surface area contributed by atoms with Gasteiger partial charge in [-0.3, -0.25) is 0 Å². The summed E-state index contributed by atoms with van der Waals surface area (Å²) in [5.41, 5.74) is 0. The Morgan fingerprint density at radius 1 is 1.40 bits per heavy atom. The van der Waals surface area contributed by atoms with Gasteiger partial charge in [-0.2, -0.15) is 8.42 Å². The highest BCUT2D eigenvalue weighted by molar-refractivity contribution is 7.81. The molecule has 0 aromatic rings. The summed E-state index contributed by atoms with van der Waals surface area (Å²) in [6.07, 6.45) is 0.00579. The van der Waals surface area contributed by atoms with E-state index in [0.717, 1.165) is 0 Å². The number of hydrogen-bond acceptors (Lipinski definition) is 3. The molecule has 0 unspecified atom stereocenters. The summed E-state index contributed by atoms with van der Waals surface area (Å²) in [6.45, 7) is 5.66. The van der Waals surface area contributed by atoms with Crippen LogP contribution in [0.5, 0.6) is 0 Å². The summed E-state index contributed by atoms with van der Waals surface area (Å²) >= 11 is 0. The third-order valence-corrected chi connectivity index (χ3v) is 2.25. The summed E-state index contributed by atoms with van der Waals surface area (Å²) in [5, 5.41) is 0. The molecule has 0 aliphatic rings. The van der Waals surface area contributed by atoms with E-state index in [1.807, 2.05) is 19.6 Å². The second-order valence-corrected chi connectivity index (χ2v) is 9.65. The second kappa shape index (κ2) is 2.98. The molecule has 0 aliphatic carbocycles. The maximum atomic E-state index is 11.7. The van der Waals surface area contributed by atoms with Gasteiger partial charge < -0.3 is 0 Å². The Bertz CT molecular complexity index is 193. The zero-order valence-corrected chi connectivity index (χ0v) is 8.03. The van der Waals surface area contributed by atoms with Crippen molar-refractivity contribution in [3.8, 4) is 0 Å². The average Bonchev–Trinajstić information content (AvgIpc) is 1.57. The van der Waals surface area contributed by atoms with Gasteiger partial charge in [-0.15, -0.1) is 0 Å². The van der Waals surface area contributed by atoms with E-state index in [4.69, 9.17) is 0 Å². The van der Waals surface area contributed by atoms with E-state index in [1.54, 1.807) is 0 Å². The molecule has 0 amide bonds. The lowest BCUT2D eigenvalue weighted by Gasteiger charge is -2.12. The normalized spacial score (nSPS) is 13.6. The van der Waals surface area contributed by atoms with Crippen molar-refractivity contribution in [3.05, 3.63) is 0 Å². The summed E-state index contributed by atoms with van der Waals surface area (Å²) in [6, 6.07) is 0. The minimum absolute atomic E-state index is 0.00579. The third-order valence-electron chi connectivity index (χ3n) is 0.633. The molecule has 0 heterocycles. The predicted octanol–water partition coefficient (Wildman–Crippen LogP) is 1.09. The molecule has 3 nitrogen and oxygen atoms in total. The van der Waals surface area contributed by atoms with Gasteiger partial charge in [-0.05, 0) is 0 Å². The van der Waals surface area contributed by atoms with Crippen LogP contribution < -0.4 is 0 Å². The van der Waals surface area contributed by atoms with Gasteiger partial charge in [0.15, 0.2) is 0 Å². The Labute approximate surface area is 61.6 Å². The first-order valence-electron chi connectivity index (χ1n) is 2.80. The molecule has 0 rings (SSSR count). The highest BCUT2D eigenvalue weighted by Crippen LogP contribution is 2.04. The topological polar surface area (TPSA) is 43.4 Å². The van der Waals surface area contributed by atoms with Crippen molar-refractivity contribution in [1.29, 1.82) is 0 Å². The lowest BCUT2D eigenvalue weighted by atomic mass is 11.7. The third kappa shape index (κ3) is 8.06. The van der Waals surface area contributed by atoms with Crippen LogP contribution in [0, 0.1) is 0 Å². The fraction of sp³-hybridized carbons (Fsp3) is 1.00. The van der Waals surface area contributed by atoms with E-state index < -0.39 is 18.6 Å². The van der Waals surface area contributed by atoms with Crippen LogP contribution in [-0.2, 0) is 14.7 Å². The van der Waals surface area contributed by atoms with Gasteiger partial charge in [-0.25, -0.2) is 4.18 Å². The van der Waals surface area contributed by atoms with Crippen molar-refractivity contribution in [2.45, 2.75) is 19.6 Å². The fourth-order valence-electron chi connectivity index (χ4n) is 0.247. The molecule has 0 aromatic carbocycles. The monoisotopic (exact) mass is 186 g/mol. The zero-order valence-electron chi connectivity index (χ0n) is 6.22.